The number of aliphatic hydroxyl groups is 4. The van der Waals surface area contributed by atoms with E-state index in [1.54, 1.807) is 0 Å². The Kier molecular flexibility index (Phi) is 4.19. The molecule has 7 heteroatoms. The Morgan fingerprint density at radius 2 is 1.38 bits per heavy atom. The Bertz CT molecular complexity index is 608. The van der Waals surface area contributed by atoms with Gasteiger partial charge in [0.15, 0.2) is 5.60 Å². The van der Waals surface area contributed by atoms with Crippen LogP contribution in [0.25, 0.3) is 0 Å². The van der Waals surface area contributed by atoms with Crippen molar-refractivity contribution in [2.24, 2.45) is 0 Å². The van der Waals surface area contributed by atoms with Crippen molar-refractivity contribution >= 4 is 0 Å². The third-order valence-corrected chi connectivity index (χ3v) is 5.68. The second-order valence-corrected chi connectivity index (χ2v) is 7.25. The van der Waals surface area contributed by atoms with Crippen LogP contribution in [-0.4, -0.2) is 60.3 Å². The van der Waals surface area contributed by atoms with E-state index in [9.17, 15) is 25.5 Å². The number of hydrogen-bond acceptors (Lipinski definition) is 7. The van der Waals surface area contributed by atoms with Crippen LogP contribution in [0.1, 0.15) is 34.6 Å². The van der Waals surface area contributed by atoms with Crippen molar-refractivity contribution in [3.8, 4) is 11.5 Å². The minimum atomic E-state index is -2.08. The Morgan fingerprint density at radius 3 is 1.83 bits per heavy atom. The van der Waals surface area contributed by atoms with Gasteiger partial charge in [0.1, 0.15) is 28.3 Å². The molecule has 1 aliphatic rings. The standard InChI is InChI=1S/C17H26O7/c1-13(10-18)14(2,20)15(3,21)16(4,22)17(5,24-13)23-12-8-6-11(19)7-9-12/h6-9,18-22H,10H2,1-5H3. The van der Waals surface area contributed by atoms with Crippen molar-refractivity contribution in [1.29, 1.82) is 0 Å². The van der Waals surface area contributed by atoms with Gasteiger partial charge in [0.05, 0.1) is 6.61 Å². The number of hydrogen-bond donors (Lipinski definition) is 5. The molecule has 1 aromatic carbocycles. The molecule has 0 amide bonds. The van der Waals surface area contributed by atoms with Gasteiger partial charge in [-0.2, -0.15) is 0 Å². The maximum atomic E-state index is 11.0. The summed E-state index contributed by atoms with van der Waals surface area (Å²) in [6.07, 6.45) is 0. The van der Waals surface area contributed by atoms with Gasteiger partial charge >= 0.3 is 0 Å². The van der Waals surface area contributed by atoms with Gasteiger partial charge in [-0.1, -0.05) is 0 Å². The number of ether oxygens (including phenoxy) is 2. The smallest absolute Gasteiger partial charge is 0.240 e. The van der Waals surface area contributed by atoms with Crippen LogP contribution >= 0.6 is 0 Å². The van der Waals surface area contributed by atoms with Gasteiger partial charge in [-0.05, 0) is 52.0 Å². The van der Waals surface area contributed by atoms with Crippen LogP contribution in [-0.2, 0) is 4.74 Å². The number of phenols is 1. The molecule has 0 radical (unpaired) electrons. The van der Waals surface area contributed by atoms with Crippen LogP contribution in [0.5, 0.6) is 11.5 Å². The Morgan fingerprint density at radius 1 is 0.875 bits per heavy atom. The predicted octanol–water partition coefficient (Wildman–Crippen LogP) is 0.521. The molecule has 24 heavy (non-hydrogen) atoms. The lowest BCUT2D eigenvalue weighted by Crippen LogP contribution is -2.85. The Hall–Kier alpha value is -1.38. The number of aliphatic hydroxyl groups excluding tert-OH is 1. The molecule has 0 bridgehead atoms. The van der Waals surface area contributed by atoms with E-state index in [1.807, 2.05) is 0 Å². The number of benzene rings is 1. The number of phenolic OH excluding ortho intramolecular Hbond substituents is 1. The molecule has 136 valence electrons. The normalized spacial score (nSPS) is 45.9. The Balaban J connectivity index is 2.53. The molecule has 1 aliphatic heterocycles. The lowest BCUT2D eigenvalue weighted by Gasteiger charge is -2.64. The number of rotatable bonds is 3. The fourth-order valence-corrected chi connectivity index (χ4v) is 3.11. The first-order chi connectivity index (χ1) is 10.7. The molecule has 5 atom stereocenters. The van der Waals surface area contributed by atoms with E-state index in [-0.39, 0.29) is 11.5 Å². The second-order valence-electron chi connectivity index (χ2n) is 7.25. The van der Waals surface area contributed by atoms with Gasteiger partial charge in [0.2, 0.25) is 5.79 Å². The highest BCUT2D eigenvalue weighted by atomic mass is 16.7. The van der Waals surface area contributed by atoms with Crippen molar-refractivity contribution < 1.29 is 35.0 Å². The zero-order valence-corrected chi connectivity index (χ0v) is 14.6. The van der Waals surface area contributed by atoms with Gasteiger partial charge in [0.25, 0.3) is 0 Å². The highest BCUT2D eigenvalue weighted by Crippen LogP contribution is 2.53. The molecule has 5 unspecified atom stereocenters. The van der Waals surface area contributed by atoms with E-state index < -0.39 is 34.8 Å². The van der Waals surface area contributed by atoms with Gasteiger partial charge in [0, 0.05) is 6.92 Å². The maximum Gasteiger partial charge on any atom is 0.240 e. The summed E-state index contributed by atoms with van der Waals surface area (Å²) in [5, 5.41) is 51.9. The summed E-state index contributed by atoms with van der Waals surface area (Å²) in [4.78, 5) is 0. The first kappa shape index (κ1) is 19.0. The van der Waals surface area contributed by atoms with Crippen LogP contribution in [0, 0.1) is 0 Å². The SMILES string of the molecule is CC1(CO)OC(C)(Oc2ccc(O)cc2)C(C)(O)C(C)(O)C1(C)O. The molecule has 5 N–H and O–H groups in total. The van der Waals surface area contributed by atoms with Crippen LogP contribution in [0.2, 0.25) is 0 Å². The van der Waals surface area contributed by atoms with Gasteiger partial charge in [-0.3, -0.25) is 0 Å². The van der Waals surface area contributed by atoms with Crippen LogP contribution in [0.4, 0.5) is 0 Å². The Labute approximate surface area is 141 Å². The topological polar surface area (TPSA) is 120 Å². The van der Waals surface area contributed by atoms with Crippen molar-refractivity contribution in [2.75, 3.05) is 6.61 Å². The summed E-state index contributed by atoms with van der Waals surface area (Å²) in [6.45, 7) is 6.08. The highest BCUT2D eigenvalue weighted by Gasteiger charge is 2.75. The molecule has 0 spiro atoms. The van der Waals surface area contributed by atoms with E-state index in [2.05, 4.69) is 0 Å². The molecule has 0 aliphatic carbocycles. The van der Waals surface area contributed by atoms with Gasteiger partial charge < -0.3 is 35.0 Å². The third-order valence-electron chi connectivity index (χ3n) is 5.68. The van der Waals surface area contributed by atoms with Crippen LogP contribution in [0.15, 0.2) is 24.3 Å². The molecule has 0 aromatic heterocycles. The predicted molar refractivity (Wildman–Crippen MR) is 85.6 cm³/mol. The van der Waals surface area contributed by atoms with Crippen molar-refractivity contribution in [2.45, 2.75) is 62.8 Å². The monoisotopic (exact) mass is 342 g/mol. The molecule has 7 nitrogen and oxygen atoms in total. The lowest BCUT2D eigenvalue weighted by atomic mass is 9.61. The largest absolute Gasteiger partial charge is 0.508 e. The molecule has 0 saturated carbocycles. The van der Waals surface area contributed by atoms with E-state index in [0.29, 0.717) is 0 Å². The average Bonchev–Trinajstić information content (AvgIpc) is 2.47. The van der Waals surface area contributed by atoms with Crippen LogP contribution in [0.3, 0.4) is 0 Å². The van der Waals surface area contributed by atoms with E-state index >= 15 is 0 Å². The summed E-state index contributed by atoms with van der Waals surface area (Å²) < 4.78 is 11.6. The molecule has 1 fully saturated rings. The van der Waals surface area contributed by atoms with Crippen molar-refractivity contribution in [1.82, 2.24) is 0 Å². The maximum absolute atomic E-state index is 11.0. The molecule has 1 aromatic rings. The third kappa shape index (κ3) is 2.31. The fraction of sp³-hybridized carbons (Fsp3) is 0.647. The minimum absolute atomic E-state index is 0.0407. The highest BCUT2D eigenvalue weighted by molar-refractivity contribution is 5.32. The van der Waals surface area contributed by atoms with Crippen molar-refractivity contribution in [3.63, 3.8) is 0 Å². The fourth-order valence-electron chi connectivity index (χ4n) is 3.11. The van der Waals surface area contributed by atoms with E-state index in [0.717, 1.165) is 0 Å². The first-order valence-corrected chi connectivity index (χ1v) is 7.70. The first-order valence-electron chi connectivity index (χ1n) is 7.70. The van der Waals surface area contributed by atoms with Gasteiger partial charge in [-0.25, -0.2) is 0 Å². The summed E-state index contributed by atoms with van der Waals surface area (Å²) in [5.74, 6) is -1.49. The minimum Gasteiger partial charge on any atom is -0.508 e. The summed E-state index contributed by atoms with van der Waals surface area (Å²) in [5.41, 5.74) is -7.71. The summed E-state index contributed by atoms with van der Waals surface area (Å²) in [6, 6.07) is 5.74. The summed E-state index contributed by atoms with van der Waals surface area (Å²) >= 11 is 0. The molecule has 2 rings (SSSR count). The number of aromatic hydroxyl groups is 1. The summed E-state index contributed by atoms with van der Waals surface area (Å²) in [7, 11) is 0. The van der Waals surface area contributed by atoms with Crippen LogP contribution < -0.4 is 4.74 Å². The second kappa shape index (κ2) is 5.31. The molecular formula is C17H26O7. The van der Waals surface area contributed by atoms with Crippen molar-refractivity contribution in [3.05, 3.63) is 24.3 Å². The van der Waals surface area contributed by atoms with E-state index in [4.69, 9.17) is 9.47 Å². The quantitative estimate of drug-likeness (QED) is 0.543. The lowest BCUT2D eigenvalue weighted by molar-refractivity contribution is -0.441. The van der Waals surface area contributed by atoms with Gasteiger partial charge in [-0.15, -0.1) is 0 Å². The average molecular weight is 342 g/mol. The zero-order valence-electron chi connectivity index (χ0n) is 14.6. The molecule has 1 saturated heterocycles. The molecular weight excluding hydrogens is 316 g/mol. The van der Waals surface area contributed by atoms with E-state index in [1.165, 1.54) is 58.9 Å². The zero-order chi connectivity index (χ0) is 18.6. The molecule has 1 heterocycles.